The van der Waals surface area contributed by atoms with E-state index in [1.165, 1.54) is 0 Å². The molecule has 0 saturated carbocycles. The second-order valence-electron chi connectivity index (χ2n) is 1.63. The number of ether oxygens (including phenoxy) is 1. The van der Waals surface area contributed by atoms with Gasteiger partial charge in [0.2, 0.25) is 0 Å². The van der Waals surface area contributed by atoms with E-state index >= 15 is 0 Å². The van der Waals surface area contributed by atoms with Crippen LogP contribution >= 0.6 is 0 Å². The van der Waals surface area contributed by atoms with Crippen molar-refractivity contribution in [2.45, 2.75) is 6.92 Å². The Morgan fingerprint density at radius 1 is 1.55 bits per heavy atom. The summed E-state index contributed by atoms with van der Waals surface area (Å²) in [5.74, 6) is -0.596. The van der Waals surface area contributed by atoms with Crippen molar-refractivity contribution >= 4 is 5.97 Å². The van der Waals surface area contributed by atoms with E-state index in [0.717, 1.165) is 6.08 Å². The number of carbonyl (C=O) groups excluding carboxylic acids is 1. The summed E-state index contributed by atoms with van der Waals surface area (Å²) in [4.78, 5) is 19.0. The van der Waals surface area contributed by atoms with Gasteiger partial charge in [0.1, 0.15) is 6.61 Å². The lowest BCUT2D eigenvalue weighted by Gasteiger charge is -2.00. The average Bonchev–Trinajstić information content (AvgIpc) is 2.04. The Morgan fingerprint density at radius 2 is 2.27 bits per heavy atom. The molecule has 64 valence electrons. The summed E-state index contributed by atoms with van der Waals surface area (Å²) < 4.78 is 4.91. The molecule has 0 unspecified atom stereocenters. The van der Waals surface area contributed by atoms with Crippen LogP contribution in [-0.4, -0.2) is 25.8 Å². The Balaban J connectivity index is 3.01. The van der Waals surface area contributed by atoms with Crippen LogP contribution in [0.2, 0.25) is 0 Å². The first-order chi connectivity index (χ1) is 5.31. The van der Waals surface area contributed by atoms with Gasteiger partial charge in [0, 0.05) is 12.7 Å². The van der Waals surface area contributed by atoms with E-state index in [4.69, 9.17) is 4.74 Å². The van der Waals surface area contributed by atoms with Crippen molar-refractivity contribution in [1.82, 2.24) is 0 Å². The zero-order valence-corrected chi connectivity index (χ0v) is 6.54. The Kier molecular flexibility index (Phi) is 6.67. The minimum Gasteiger partial charge on any atom is -0.379 e. The van der Waals surface area contributed by atoms with E-state index in [1.54, 1.807) is 0 Å². The molecule has 0 aromatic rings. The van der Waals surface area contributed by atoms with Crippen LogP contribution in [0.1, 0.15) is 6.92 Å². The molecule has 0 radical (unpaired) electrons. The molecular weight excluding hydrogens is 148 g/mol. The molecule has 0 amide bonds. The summed E-state index contributed by atoms with van der Waals surface area (Å²) in [6.07, 6.45) is 1.03. The van der Waals surface area contributed by atoms with Gasteiger partial charge in [0.05, 0.1) is 6.61 Å². The highest BCUT2D eigenvalue weighted by atomic mass is 17.2. The van der Waals surface area contributed by atoms with Crippen LogP contribution in [0.4, 0.5) is 0 Å². The van der Waals surface area contributed by atoms with Crippen LogP contribution < -0.4 is 0 Å². The highest BCUT2D eigenvalue weighted by Crippen LogP contribution is 1.82. The van der Waals surface area contributed by atoms with E-state index in [1.807, 2.05) is 6.92 Å². The SMILES string of the molecule is C=CC(=O)OOCCOCC. The van der Waals surface area contributed by atoms with Crippen molar-refractivity contribution in [3.63, 3.8) is 0 Å². The molecule has 0 N–H and O–H groups in total. The Labute approximate surface area is 65.7 Å². The summed E-state index contributed by atoms with van der Waals surface area (Å²) in [6.45, 7) is 6.35. The molecule has 0 saturated heterocycles. The zero-order chi connectivity index (χ0) is 8.53. The molecule has 0 aliphatic heterocycles. The second kappa shape index (κ2) is 7.24. The molecule has 11 heavy (non-hydrogen) atoms. The normalized spacial score (nSPS) is 9.18. The van der Waals surface area contributed by atoms with Crippen LogP contribution in [0.15, 0.2) is 12.7 Å². The number of carbonyl (C=O) groups is 1. The van der Waals surface area contributed by atoms with Gasteiger partial charge in [0.15, 0.2) is 0 Å². The van der Waals surface area contributed by atoms with Crippen molar-refractivity contribution < 1.29 is 19.3 Å². The molecule has 0 fully saturated rings. The third kappa shape index (κ3) is 7.02. The molecule has 4 heteroatoms. The summed E-state index contributed by atoms with van der Waals surface area (Å²) in [5, 5.41) is 0. The first kappa shape index (κ1) is 10.1. The third-order valence-corrected chi connectivity index (χ3v) is 0.823. The minimum absolute atomic E-state index is 0.243. The zero-order valence-electron chi connectivity index (χ0n) is 6.54. The Bertz CT molecular complexity index is 122. The Morgan fingerprint density at radius 3 is 2.82 bits per heavy atom. The van der Waals surface area contributed by atoms with E-state index < -0.39 is 5.97 Å². The predicted octanol–water partition coefficient (Wildman–Crippen LogP) is 0.684. The van der Waals surface area contributed by atoms with E-state index in [0.29, 0.717) is 13.2 Å². The maximum Gasteiger partial charge on any atom is 0.365 e. The van der Waals surface area contributed by atoms with Gasteiger partial charge >= 0.3 is 5.97 Å². The van der Waals surface area contributed by atoms with Gasteiger partial charge in [-0.2, -0.15) is 4.89 Å². The monoisotopic (exact) mass is 160 g/mol. The van der Waals surface area contributed by atoms with Crippen LogP contribution in [-0.2, 0) is 19.3 Å². The van der Waals surface area contributed by atoms with Crippen LogP contribution in [0, 0.1) is 0 Å². The molecular formula is C7H12O4. The average molecular weight is 160 g/mol. The summed E-state index contributed by atoms with van der Waals surface area (Å²) >= 11 is 0. The lowest BCUT2D eigenvalue weighted by Crippen LogP contribution is -2.07. The van der Waals surface area contributed by atoms with Crippen molar-refractivity contribution in [1.29, 1.82) is 0 Å². The maximum absolute atomic E-state index is 10.3. The highest BCUT2D eigenvalue weighted by Gasteiger charge is 1.94. The molecule has 0 aliphatic carbocycles. The van der Waals surface area contributed by atoms with E-state index in [2.05, 4.69) is 16.4 Å². The second-order valence-corrected chi connectivity index (χ2v) is 1.63. The number of rotatable bonds is 6. The molecule has 0 aromatic heterocycles. The molecule has 0 aromatic carbocycles. The van der Waals surface area contributed by atoms with Crippen LogP contribution in [0.5, 0.6) is 0 Å². The lowest BCUT2D eigenvalue weighted by molar-refractivity contribution is -0.271. The first-order valence-corrected chi connectivity index (χ1v) is 3.34. The number of hydrogen-bond donors (Lipinski definition) is 0. The predicted molar refractivity (Wildman–Crippen MR) is 38.7 cm³/mol. The van der Waals surface area contributed by atoms with Crippen molar-refractivity contribution in [3.8, 4) is 0 Å². The lowest BCUT2D eigenvalue weighted by atomic mass is 10.7. The standard InChI is InChI=1S/C7H12O4/c1-3-7(8)11-10-6-5-9-4-2/h3H,1,4-6H2,2H3. The fourth-order valence-corrected chi connectivity index (χ4v) is 0.371. The number of hydrogen-bond acceptors (Lipinski definition) is 4. The van der Waals surface area contributed by atoms with Crippen molar-refractivity contribution in [3.05, 3.63) is 12.7 Å². The van der Waals surface area contributed by atoms with Gasteiger partial charge in [-0.15, -0.1) is 0 Å². The van der Waals surface area contributed by atoms with Gasteiger partial charge in [0.25, 0.3) is 0 Å². The Hall–Kier alpha value is -0.870. The van der Waals surface area contributed by atoms with Gasteiger partial charge in [-0.3, -0.25) is 4.89 Å². The first-order valence-electron chi connectivity index (χ1n) is 3.34. The summed E-state index contributed by atoms with van der Waals surface area (Å²) in [6, 6.07) is 0. The fraction of sp³-hybridized carbons (Fsp3) is 0.571. The molecule has 0 bridgehead atoms. The van der Waals surface area contributed by atoms with Gasteiger partial charge in [-0.05, 0) is 6.92 Å². The van der Waals surface area contributed by atoms with Gasteiger partial charge in [-0.25, -0.2) is 4.79 Å². The van der Waals surface area contributed by atoms with Gasteiger partial charge in [-0.1, -0.05) is 6.58 Å². The van der Waals surface area contributed by atoms with Crippen LogP contribution in [0.25, 0.3) is 0 Å². The molecule has 0 aliphatic rings. The smallest absolute Gasteiger partial charge is 0.365 e. The fourth-order valence-electron chi connectivity index (χ4n) is 0.371. The van der Waals surface area contributed by atoms with E-state index in [-0.39, 0.29) is 6.61 Å². The van der Waals surface area contributed by atoms with E-state index in [9.17, 15) is 4.79 Å². The quantitative estimate of drug-likeness (QED) is 0.248. The minimum atomic E-state index is -0.596. The van der Waals surface area contributed by atoms with Gasteiger partial charge < -0.3 is 4.74 Å². The van der Waals surface area contributed by atoms with Crippen LogP contribution in [0.3, 0.4) is 0 Å². The van der Waals surface area contributed by atoms with Crippen molar-refractivity contribution in [2.24, 2.45) is 0 Å². The van der Waals surface area contributed by atoms with Crippen molar-refractivity contribution in [2.75, 3.05) is 19.8 Å². The largest absolute Gasteiger partial charge is 0.379 e. The molecule has 0 heterocycles. The molecule has 0 atom stereocenters. The maximum atomic E-state index is 10.3. The summed E-state index contributed by atoms with van der Waals surface area (Å²) in [5.41, 5.74) is 0. The molecule has 4 nitrogen and oxygen atoms in total. The highest BCUT2D eigenvalue weighted by molar-refractivity contribution is 5.80. The third-order valence-electron chi connectivity index (χ3n) is 0.823. The topological polar surface area (TPSA) is 44.8 Å². The summed E-state index contributed by atoms with van der Waals surface area (Å²) in [7, 11) is 0. The molecule has 0 spiro atoms. The molecule has 0 rings (SSSR count).